The molecule has 6 nitrogen and oxygen atoms in total. The number of carbonyl (C=O) groups excluding carboxylic acids is 1. The van der Waals surface area contributed by atoms with Crippen molar-refractivity contribution in [3.8, 4) is 0 Å². The number of likely N-dealkylation sites (tertiary alicyclic amines) is 1. The maximum atomic E-state index is 11.0. The van der Waals surface area contributed by atoms with E-state index in [0.29, 0.717) is 6.54 Å². The summed E-state index contributed by atoms with van der Waals surface area (Å²) in [5.41, 5.74) is 0. The van der Waals surface area contributed by atoms with Crippen molar-refractivity contribution in [2.75, 3.05) is 19.6 Å². The summed E-state index contributed by atoms with van der Waals surface area (Å²) in [4.78, 5) is 23.7. The van der Waals surface area contributed by atoms with Crippen LogP contribution in [0.1, 0.15) is 20.3 Å². The van der Waals surface area contributed by atoms with Crippen LogP contribution in [0.2, 0.25) is 0 Å². The minimum Gasteiger partial charge on any atom is -0.480 e. The molecule has 1 amide bonds. The van der Waals surface area contributed by atoms with Crippen LogP contribution in [0.4, 0.5) is 0 Å². The molecule has 17 heavy (non-hydrogen) atoms. The number of nitrogens with zero attached hydrogens (tertiary/aromatic N) is 1. The molecular formula is C11H20N2O4. The van der Waals surface area contributed by atoms with Gasteiger partial charge in [-0.3, -0.25) is 9.69 Å². The van der Waals surface area contributed by atoms with Crippen molar-refractivity contribution in [3.05, 3.63) is 0 Å². The third-order valence-electron chi connectivity index (χ3n) is 3.12. The fourth-order valence-corrected chi connectivity index (χ4v) is 1.97. The summed E-state index contributed by atoms with van der Waals surface area (Å²) in [6.45, 7) is 4.72. The largest absolute Gasteiger partial charge is 0.480 e. The molecule has 3 N–H and O–H groups in total. The highest BCUT2D eigenvalue weighted by Gasteiger charge is 2.28. The third kappa shape index (κ3) is 4.32. The summed E-state index contributed by atoms with van der Waals surface area (Å²) in [5.74, 6) is -1.16. The van der Waals surface area contributed by atoms with Gasteiger partial charge in [-0.1, -0.05) is 6.92 Å². The predicted molar refractivity (Wildman–Crippen MR) is 61.5 cm³/mol. The lowest BCUT2D eigenvalue weighted by molar-refractivity contribution is -0.142. The number of aliphatic carboxylic acids is 1. The molecule has 1 fully saturated rings. The number of aliphatic hydroxyl groups excluding tert-OH is 1. The van der Waals surface area contributed by atoms with Gasteiger partial charge in [-0.25, -0.2) is 4.79 Å². The lowest BCUT2D eigenvalue weighted by Crippen LogP contribution is -2.52. The normalized spacial score (nSPS) is 27.5. The zero-order valence-electron chi connectivity index (χ0n) is 10.2. The summed E-state index contributed by atoms with van der Waals surface area (Å²) in [6, 6.07) is -0.909. The number of rotatable bonds is 4. The number of aliphatic hydroxyl groups is 1. The molecule has 98 valence electrons. The summed E-state index contributed by atoms with van der Waals surface area (Å²) in [6.07, 6.45) is 0.420. The van der Waals surface area contributed by atoms with E-state index >= 15 is 0 Å². The average Bonchev–Trinajstić information content (AvgIpc) is 2.21. The molecule has 6 heteroatoms. The van der Waals surface area contributed by atoms with Crippen LogP contribution in [0.15, 0.2) is 0 Å². The summed E-state index contributed by atoms with van der Waals surface area (Å²) in [5, 5.41) is 21.1. The van der Waals surface area contributed by atoms with Crippen molar-refractivity contribution in [2.24, 2.45) is 5.92 Å². The second-order valence-corrected chi connectivity index (χ2v) is 4.68. The Kier molecular flexibility index (Phi) is 4.89. The molecule has 3 unspecified atom stereocenters. The molecule has 3 atom stereocenters. The van der Waals surface area contributed by atoms with Crippen LogP contribution in [0.25, 0.3) is 0 Å². The van der Waals surface area contributed by atoms with Crippen LogP contribution in [-0.2, 0) is 9.59 Å². The third-order valence-corrected chi connectivity index (χ3v) is 3.12. The predicted octanol–water partition coefficient (Wildman–Crippen LogP) is -0.722. The minimum atomic E-state index is -1.05. The van der Waals surface area contributed by atoms with Gasteiger partial charge in [0.25, 0.3) is 0 Å². The number of β-amino-alcohol motifs (C(OH)–C–C–N with tert-alkyl or cyclic N) is 1. The van der Waals surface area contributed by atoms with Gasteiger partial charge >= 0.3 is 5.97 Å². The van der Waals surface area contributed by atoms with Gasteiger partial charge in [0.2, 0.25) is 5.91 Å². The Morgan fingerprint density at radius 2 is 2.18 bits per heavy atom. The Labute approximate surface area is 101 Å². The van der Waals surface area contributed by atoms with Gasteiger partial charge in [0.05, 0.1) is 6.10 Å². The van der Waals surface area contributed by atoms with Crippen LogP contribution in [0.5, 0.6) is 0 Å². The lowest BCUT2D eigenvalue weighted by atomic mass is 9.96. The topological polar surface area (TPSA) is 89.9 Å². The number of amides is 1. The zero-order valence-corrected chi connectivity index (χ0v) is 10.2. The summed E-state index contributed by atoms with van der Waals surface area (Å²) in [7, 11) is 0. The van der Waals surface area contributed by atoms with Crippen LogP contribution in [0.3, 0.4) is 0 Å². The van der Waals surface area contributed by atoms with Crippen LogP contribution < -0.4 is 5.32 Å². The SMILES string of the molecule is CC(=O)NC(CN1CCC(C)C(O)C1)C(=O)O. The number of carboxylic acids is 1. The van der Waals surface area contributed by atoms with Gasteiger partial charge in [-0.05, 0) is 18.9 Å². The molecule has 0 aromatic carbocycles. The molecular weight excluding hydrogens is 224 g/mol. The van der Waals surface area contributed by atoms with Gasteiger partial charge < -0.3 is 15.5 Å². The molecule has 1 heterocycles. The highest BCUT2D eigenvalue weighted by Crippen LogP contribution is 2.16. The fourth-order valence-electron chi connectivity index (χ4n) is 1.97. The van der Waals surface area contributed by atoms with E-state index in [-0.39, 0.29) is 18.4 Å². The van der Waals surface area contributed by atoms with E-state index in [1.165, 1.54) is 6.92 Å². The number of hydrogen-bond donors (Lipinski definition) is 3. The van der Waals surface area contributed by atoms with E-state index in [2.05, 4.69) is 5.32 Å². The van der Waals surface area contributed by atoms with Gasteiger partial charge in [0.15, 0.2) is 0 Å². The second-order valence-electron chi connectivity index (χ2n) is 4.68. The average molecular weight is 244 g/mol. The highest BCUT2D eigenvalue weighted by atomic mass is 16.4. The van der Waals surface area contributed by atoms with E-state index in [4.69, 9.17) is 5.11 Å². The van der Waals surface area contributed by atoms with E-state index in [9.17, 15) is 14.7 Å². The number of carboxylic acid groups (broad SMARTS) is 1. The van der Waals surface area contributed by atoms with Gasteiger partial charge in [0.1, 0.15) is 6.04 Å². The van der Waals surface area contributed by atoms with E-state index in [1.54, 1.807) is 0 Å². The molecule has 0 spiro atoms. The van der Waals surface area contributed by atoms with Crippen molar-refractivity contribution < 1.29 is 19.8 Å². The Bertz CT molecular complexity index is 295. The molecule has 0 saturated carbocycles. The first-order valence-corrected chi connectivity index (χ1v) is 5.80. The van der Waals surface area contributed by atoms with E-state index in [1.807, 2.05) is 11.8 Å². The van der Waals surface area contributed by atoms with Crippen molar-refractivity contribution in [3.63, 3.8) is 0 Å². The molecule has 0 bridgehead atoms. The lowest BCUT2D eigenvalue weighted by Gasteiger charge is -2.35. The Morgan fingerprint density at radius 1 is 1.53 bits per heavy atom. The van der Waals surface area contributed by atoms with Gasteiger partial charge in [-0.15, -0.1) is 0 Å². The number of hydrogen-bond acceptors (Lipinski definition) is 4. The van der Waals surface area contributed by atoms with Crippen molar-refractivity contribution in [1.82, 2.24) is 10.2 Å². The monoisotopic (exact) mass is 244 g/mol. The first kappa shape index (κ1) is 13.9. The van der Waals surface area contributed by atoms with Crippen molar-refractivity contribution in [1.29, 1.82) is 0 Å². The fraction of sp³-hybridized carbons (Fsp3) is 0.818. The van der Waals surface area contributed by atoms with Gasteiger partial charge in [0, 0.05) is 20.0 Å². The van der Waals surface area contributed by atoms with Crippen LogP contribution >= 0.6 is 0 Å². The Morgan fingerprint density at radius 3 is 2.65 bits per heavy atom. The smallest absolute Gasteiger partial charge is 0.327 e. The summed E-state index contributed by atoms with van der Waals surface area (Å²) >= 11 is 0. The zero-order chi connectivity index (χ0) is 13.0. The van der Waals surface area contributed by atoms with Gasteiger partial charge in [-0.2, -0.15) is 0 Å². The standard InChI is InChI=1S/C11H20N2O4/c1-7-3-4-13(6-10(7)15)5-9(11(16)17)12-8(2)14/h7,9-10,15H,3-6H2,1-2H3,(H,12,14)(H,16,17). The minimum absolute atomic E-state index is 0.235. The number of piperidine rings is 1. The van der Waals surface area contributed by atoms with E-state index < -0.39 is 18.1 Å². The van der Waals surface area contributed by atoms with E-state index in [0.717, 1.165) is 13.0 Å². The number of nitrogens with one attached hydrogen (secondary N) is 1. The molecule has 0 radical (unpaired) electrons. The van der Waals surface area contributed by atoms with Crippen molar-refractivity contribution in [2.45, 2.75) is 32.4 Å². The molecule has 1 aliphatic rings. The Hall–Kier alpha value is -1.14. The molecule has 0 aromatic heterocycles. The molecule has 1 rings (SSSR count). The quantitative estimate of drug-likeness (QED) is 0.607. The second kappa shape index (κ2) is 5.97. The first-order valence-electron chi connectivity index (χ1n) is 5.80. The first-order chi connectivity index (χ1) is 7.90. The maximum Gasteiger partial charge on any atom is 0.327 e. The maximum absolute atomic E-state index is 11.0. The molecule has 1 saturated heterocycles. The number of carbonyl (C=O) groups is 2. The molecule has 1 aliphatic heterocycles. The molecule has 0 aromatic rings. The summed E-state index contributed by atoms with van der Waals surface area (Å²) < 4.78 is 0. The Balaban J connectivity index is 2.50. The van der Waals surface area contributed by atoms with Crippen LogP contribution in [0, 0.1) is 5.92 Å². The molecule has 0 aliphatic carbocycles. The highest BCUT2D eigenvalue weighted by molar-refractivity contribution is 5.82. The van der Waals surface area contributed by atoms with Crippen LogP contribution in [-0.4, -0.2) is 58.8 Å². The van der Waals surface area contributed by atoms with Crippen molar-refractivity contribution >= 4 is 11.9 Å².